The Morgan fingerprint density at radius 1 is 1.24 bits per heavy atom. The van der Waals surface area contributed by atoms with E-state index in [1.807, 2.05) is 13.0 Å². The van der Waals surface area contributed by atoms with Gasteiger partial charge in [-0.25, -0.2) is 0 Å². The lowest BCUT2D eigenvalue weighted by atomic mass is 10.1. The Kier molecular flexibility index (Phi) is 3.95. The van der Waals surface area contributed by atoms with E-state index in [2.05, 4.69) is 0 Å². The first-order valence-corrected chi connectivity index (χ1v) is 5.97. The summed E-state index contributed by atoms with van der Waals surface area (Å²) in [5, 5.41) is 19.8. The van der Waals surface area contributed by atoms with Crippen LogP contribution < -0.4 is 4.74 Å². The van der Waals surface area contributed by atoms with Crippen LogP contribution in [0.1, 0.15) is 21.5 Å². The number of carbonyl (C=O) groups excluding carboxylic acids is 1. The fraction of sp³-hybridized carbons (Fsp3) is 0.0667. The minimum atomic E-state index is -0.634. The average molecular weight is 282 g/mol. The van der Waals surface area contributed by atoms with Crippen LogP contribution in [0.15, 0.2) is 36.4 Å². The second kappa shape index (κ2) is 5.84. The Morgan fingerprint density at radius 3 is 2.57 bits per heavy atom. The summed E-state index contributed by atoms with van der Waals surface area (Å²) in [6.07, 6.45) is 0.623. The molecule has 0 atom stereocenters. The number of nitro benzene ring substituents is 1. The lowest BCUT2D eigenvalue weighted by Gasteiger charge is -2.09. The summed E-state index contributed by atoms with van der Waals surface area (Å²) < 4.78 is 5.46. The van der Waals surface area contributed by atoms with E-state index < -0.39 is 4.92 Å². The maximum atomic E-state index is 11.0. The molecule has 0 N–H and O–H groups in total. The molecule has 0 aromatic heterocycles. The highest BCUT2D eigenvalue weighted by atomic mass is 16.6. The van der Waals surface area contributed by atoms with E-state index in [0.29, 0.717) is 11.8 Å². The van der Waals surface area contributed by atoms with Crippen molar-refractivity contribution in [1.29, 1.82) is 5.26 Å². The Balaban J connectivity index is 2.47. The number of hydrogen-bond acceptors (Lipinski definition) is 5. The van der Waals surface area contributed by atoms with Gasteiger partial charge in [0.1, 0.15) is 5.75 Å². The molecule has 21 heavy (non-hydrogen) atoms. The number of hydrogen-bond donors (Lipinski definition) is 0. The topological polar surface area (TPSA) is 93.2 Å². The lowest BCUT2D eigenvalue weighted by molar-refractivity contribution is -0.385. The monoisotopic (exact) mass is 282 g/mol. The van der Waals surface area contributed by atoms with Crippen LogP contribution >= 0.6 is 0 Å². The highest BCUT2D eigenvalue weighted by Crippen LogP contribution is 2.33. The molecule has 104 valence electrons. The number of nitriles is 1. The van der Waals surface area contributed by atoms with Gasteiger partial charge >= 0.3 is 5.69 Å². The van der Waals surface area contributed by atoms with Crippen LogP contribution in [0, 0.1) is 28.4 Å². The van der Waals surface area contributed by atoms with E-state index in [9.17, 15) is 14.9 Å². The second-order valence-corrected chi connectivity index (χ2v) is 4.31. The summed E-state index contributed by atoms with van der Waals surface area (Å²) in [6.45, 7) is 1.82. The third-order valence-electron chi connectivity index (χ3n) is 2.80. The maximum Gasteiger partial charge on any atom is 0.312 e. The number of ether oxygens (including phenoxy) is 1. The zero-order chi connectivity index (χ0) is 15.4. The number of aryl methyl sites for hydroxylation is 1. The van der Waals surface area contributed by atoms with Gasteiger partial charge in [-0.15, -0.1) is 0 Å². The summed E-state index contributed by atoms with van der Waals surface area (Å²) in [6, 6.07) is 10.6. The first kappa shape index (κ1) is 14.2. The van der Waals surface area contributed by atoms with E-state index in [1.54, 1.807) is 18.2 Å². The van der Waals surface area contributed by atoms with Gasteiger partial charge in [0.15, 0.2) is 6.29 Å². The summed E-state index contributed by atoms with van der Waals surface area (Å²) in [5.41, 5.74) is 1.01. The van der Waals surface area contributed by atoms with E-state index in [0.717, 1.165) is 11.6 Å². The normalized spacial score (nSPS) is 9.71. The first-order valence-electron chi connectivity index (χ1n) is 5.97. The van der Waals surface area contributed by atoms with Crippen molar-refractivity contribution < 1.29 is 14.5 Å². The number of rotatable bonds is 4. The molecule has 0 amide bonds. The molecule has 0 bridgehead atoms. The third kappa shape index (κ3) is 3.04. The van der Waals surface area contributed by atoms with Gasteiger partial charge in [0, 0.05) is 6.07 Å². The molecule has 0 aliphatic heterocycles. The Labute approximate surface area is 120 Å². The molecule has 0 aliphatic carbocycles. The van der Waals surface area contributed by atoms with Gasteiger partial charge in [-0.3, -0.25) is 14.9 Å². The molecule has 2 aromatic rings. The molecule has 0 saturated carbocycles. The van der Waals surface area contributed by atoms with Crippen LogP contribution in [-0.2, 0) is 0 Å². The van der Waals surface area contributed by atoms with Crippen molar-refractivity contribution >= 4 is 12.0 Å². The molecule has 6 nitrogen and oxygen atoms in total. The Morgan fingerprint density at radius 2 is 1.95 bits per heavy atom. The zero-order valence-corrected chi connectivity index (χ0v) is 11.1. The molecule has 2 rings (SSSR count). The van der Waals surface area contributed by atoms with Crippen molar-refractivity contribution in [2.75, 3.05) is 0 Å². The summed E-state index contributed by atoms with van der Waals surface area (Å²) in [7, 11) is 0. The lowest BCUT2D eigenvalue weighted by Crippen LogP contribution is -1.96. The molecule has 6 heteroatoms. The molecule has 0 saturated heterocycles. The predicted molar refractivity (Wildman–Crippen MR) is 74.5 cm³/mol. The van der Waals surface area contributed by atoms with Gasteiger partial charge in [-0.2, -0.15) is 5.26 Å². The van der Waals surface area contributed by atoms with Gasteiger partial charge in [-0.05, 0) is 31.2 Å². The van der Waals surface area contributed by atoms with Crippen LogP contribution in [0.2, 0.25) is 0 Å². The predicted octanol–water partition coefficient (Wildman–Crippen LogP) is 3.38. The smallest absolute Gasteiger partial charge is 0.312 e. The van der Waals surface area contributed by atoms with Gasteiger partial charge in [0.25, 0.3) is 0 Å². The van der Waals surface area contributed by atoms with E-state index >= 15 is 0 Å². The van der Waals surface area contributed by atoms with Crippen LogP contribution in [0.4, 0.5) is 5.69 Å². The highest BCUT2D eigenvalue weighted by Gasteiger charge is 2.18. The van der Waals surface area contributed by atoms with E-state index in [4.69, 9.17) is 10.00 Å². The quantitative estimate of drug-likeness (QED) is 0.486. The van der Waals surface area contributed by atoms with Crippen molar-refractivity contribution in [1.82, 2.24) is 0 Å². The van der Waals surface area contributed by atoms with Crippen molar-refractivity contribution in [3.63, 3.8) is 0 Å². The first-order chi connectivity index (χ1) is 10.0. The van der Waals surface area contributed by atoms with Gasteiger partial charge in [-0.1, -0.05) is 11.6 Å². The number of nitrogens with zero attached hydrogens (tertiary/aromatic N) is 2. The number of aldehydes is 1. The van der Waals surface area contributed by atoms with Gasteiger partial charge < -0.3 is 4.74 Å². The standard InChI is InChI=1S/C15H10N2O4/c1-10-2-4-14(12(6-10)9-18)21-15-5-3-11(8-16)7-13(15)17(19)20/h2-7,9H,1H3. The largest absolute Gasteiger partial charge is 0.449 e. The zero-order valence-electron chi connectivity index (χ0n) is 11.1. The molecular weight excluding hydrogens is 272 g/mol. The van der Waals surface area contributed by atoms with Crippen molar-refractivity contribution in [2.24, 2.45) is 0 Å². The van der Waals surface area contributed by atoms with Gasteiger partial charge in [0.05, 0.1) is 22.1 Å². The van der Waals surface area contributed by atoms with Crippen LogP contribution in [0.5, 0.6) is 11.5 Å². The molecule has 0 aliphatic rings. The molecule has 2 aromatic carbocycles. The van der Waals surface area contributed by atoms with E-state index in [1.165, 1.54) is 12.1 Å². The molecule has 0 spiro atoms. The fourth-order valence-electron chi connectivity index (χ4n) is 1.79. The van der Waals surface area contributed by atoms with Crippen molar-refractivity contribution in [3.05, 3.63) is 63.2 Å². The third-order valence-corrected chi connectivity index (χ3v) is 2.80. The van der Waals surface area contributed by atoms with Crippen LogP contribution in [-0.4, -0.2) is 11.2 Å². The Hall–Kier alpha value is -3.20. The van der Waals surface area contributed by atoms with Crippen LogP contribution in [0.25, 0.3) is 0 Å². The van der Waals surface area contributed by atoms with Crippen LogP contribution in [0.3, 0.4) is 0 Å². The summed E-state index contributed by atoms with van der Waals surface area (Å²) >= 11 is 0. The summed E-state index contributed by atoms with van der Waals surface area (Å²) in [4.78, 5) is 21.4. The number of carbonyl (C=O) groups is 1. The Bertz CT molecular complexity index is 763. The number of benzene rings is 2. The minimum absolute atomic E-state index is 0.0223. The average Bonchev–Trinajstić information content (AvgIpc) is 2.49. The second-order valence-electron chi connectivity index (χ2n) is 4.31. The molecule has 0 fully saturated rings. The SMILES string of the molecule is Cc1ccc(Oc2ccc(C#N)cc2[N+](=O)[O-])c(C=O)c1. The van der Waals surface area contributed by atoms with Gasteiger partial charge in [0.2, 0.25) is 5.75 Å². The minimum Gasteiger partial charge on any atom is -0.449 e. The molecule has 0 unspecified atom stereocenters. The highest BCUT2D eigenvalue weighted by molar-refractivity contribution is 5.80. The molecule has 0 heterocycles. The fourth-order valence-corrected chi connectivity index (χ4v) is 1.79. The maximum absolute atomic E-state index is 11.0. The van der Waals surface area contributed by atoms with Crippen molar-refractivity contribution in [3.8, 4) is 17.6 Å². The molecule has 0 radical (unpaired) electrons. The van der Waals surface area contributed by atoms with Crippen molar-refractivity contribution in [2.45, 2.75) is 6.92 Å². The number of nitro groups is 1. The summed E-state index contributed by atoms with van der Waals surface area (Å²) in [5.74, 6) is 0.203. The molecular formula is C15H10N2O4. The van der Waals surface area contributed by atoms with E-state index in [-0.39, 0.29) is 22.7 Å².